The highest BCUT2D eigenvalue weighted by atomic mass is 32.2. The second-order valence-corrected chi connectivity index (χ2v) is 6.86. The summed E-state index contributed by atoms with van der Waals surface area (Å²) in [5, 5.41) is 3.10. The summed E-state index contributed by atoms with van der Waals surface area (Å²) in [5.74, 6) is 1.41. The quantitative estimate of drug-likeness (QED) is 0.859. The van der Waals surface area contributed by atoms with E-state index in [4.69, 9.17) is 4.74 Å². The highest BCUT2D eigenvalue weighted by Crippen LogP contribution is 2.27. The van der Waals surface area contributed by atoms with Crippen molar-refractivity contribution >= 4 is 28.7 Å². The van der Waals surface area contributed by atoms with Crippen LogP contribution in [0.5, 0.6) is 0 Å². The number of ether oxygens (including phenoxy) is 1. The monoisotopic (exact) mass is 319 g/mol. The lowest BCUT2D eigenvalue weighted by atomic mass is 10.2. The number of hydrogen-bond acceptors (Lipinski definition) is 4. The van der Waals surface area contributed by atoms with Gasteiger partial charge in [-0.2, -0.15) is 0 Å². The van der Waals surface area contributed by atoms with E-state index in [2.05, 4.69) is 22.2 Å². The second kappa shape index (κ2) is 7.15. The minimum Gasteiger partial charge on any atom is -0.376 e. The lowest BCUT2D eigenvalue weighted by molar-refractivity contribution is -0.119. The van der Waals surface area contributed by atoms with Crippen molar-refractivity contribution in [2.24, 2.45) is 0 Å². The lowest BCUT2D eigenvalue weighted by Gasteiger charge is -2.12. The number of nitrogens with zero attached hydrogens (tertiary/aromatic N) is 1. The van der Waals surface area contributed by atoms with Crippen LogP contribution in [0.3, 0.4) is 0 Å². The standard InChI is InChI=1S/C16H21N3O2S/c1-11(16-18-13-6-2-3-7-14(13)19-16)22-10-15(20)17-9-12-5-4-8-21-12/h2-3,6-7,11-12H,4-5,8-10H2,1H3,(H,17,20)(H,18,19). The van der Waals surface area contributed by atoms with Crippen molar-refractivity contribution in [2.75, 3.05) is 18.9 Å². The van der Waals surface area contributed by atoms with Crippen molar-refractivity contribution in [3.63, 3.8) is 0 Å². The molecule has 1 amide bonds. The number of rotatable bonds is 6. The van der Waals surface area contributed by atoms with Gasteiger partial charge < -0.3 is 15.0 Å². The van der Waals surface area contributed by atoms with Crippen molar-refractivity contribution in [3.05, 3.63) is 30.1 Å². The minimum atomic E-state index is 0.0588. The zero-order chi connectivity index (χ0) is 15.4. The maximum absolute atomic E-state index is 11.9. The molecule has 2 atom stereocenters. The number of carbonyl (C=O) groups is 1. The molecule has 2 aromatic rings. The molecule has 1 aromatic heterocycles. The Labute approximate surface area is 134 Å². The molecule has 0 saturated carbocycles. The van der Waals surface area contributed by atoms with E-state index in [9.17, 15) is 4.79 Å². The van der Waals surface area contributed by atoms with E-state index in [1.807, 2.05) is 24.3 Å². The molecule has 118 valence electrons. The first-order chi connectivity index (χ1) is 10.7. The number of carbonyl (C=O) groups excluding carboxylic acids is 1. The molecule has 3 rings (SSSR count). The summed E-state index contributed by atoms with van der Waals surface area (Å²) in [5.41, 5.74) is 2.00. The van der Waals surface area contributed by atoms with E-state index in [1.54, 1.807) is 11.8 Å². The van der Waals surface area contributed by atoms with Gasteiger partial charge in [-0.15, -0.1) is 11.8 Å². The number of hydrogen-bond donors (Lipinski definition) is 2. The molecule has 22 heavy (non-hydrogen) atoms. The van der Waals surface area contributed by atoms with Gasteiger partial charge >= 0.3 is 0 Å². The fourth-order valence-corrected chi connectivity index (χ4v) is 3.30. The zero-order valence-corrected chi connectivity index (χ0v) is 13.5. The third kappa shape index (κ3) is 3.81. The largest absolute Gasteiger partial charge is 0.376 e. The van der Waals surface area contributed by atoms with Gasteiger partial charge in [0.2, 0.25) is 5.91 Å². The van der Waals surface area contributed by atoms with Crippen LogP contribution in [-0.4, -0.2) is 40.9 Å². The smallest absolute Gasteiger partial charge is 0.230 e. The Morgan fingerprint density at radius 2 is 2.41 bits per heavy atom. The zero-order valence-electron chi connectivity index (χ0n) is 12.7. The van der Waals surface area contributed by atoms with Gasteiger partial charge in [0.1, 0.15) is 5.82 Å². The Morgan fingerprint density at radius 3 is 3.18 bits per heavy atom. The Hall–Kier alpha value is -1.53. The van der Waals surface area contributed by atoms with Crippen molar-refractivity contribution in [2.45, 2.75) is 31.1 Å². The first-order valence-electron chi connectivity index (χ1n) is 7.67. The Bertz CT molecular complexity index is 604. The van der Waals surface area contributed by atoms with Gasteiger partial charge in [0.05, 0.1) is 28.1 Å². The van der Waals surface area contributed by atoms with Gasteiger partial charge in [0.25, 0.3) is 0 Å². The molecule has 2 N–H and O–H groups in total. The van der Waals surface area contributed by atoms with E-state index in [0.717, 1.165) is 36.3 Å². The van der Waals surface area contributed by atoms with Crippen LogP contribution in [0, 0.1) is 0 Å². The van der Waals surface area contributed by atoms with Crippen molar-refractivity contribution in [3.8, 4) is 0 Å². The summed E-state index contributed by atoms with van der Waals surface area (Å²) in [6.45, 7) is 3.51. The third-order valence-corrected chi connectivity index (χ3v) is 4.96. The van der Waals surface area contributed by atoms with Crippen molar-refractivity contribution < 1.29 is 9.53 Å². The van der Waals surface area contributed by atoms with E-state index in [0.29, 0.717) is 12.3 Å². The third-order valence-electron chi connectivity index (χ3n) is 3.81. The molecule has 1 aliphatic heterocycles. The summed E-state index contributed by atoms with van der Waals surface area (Å²) in [6.07, 6.45) is 2.34. The molecule has 1 fully saturated rings. The van der Waals surface area contributed by atoms with Crippen LogP contribution in [0.15, 0.2) is 24.3 Å². The molecule has 5 nitrogen and oxygen atoms in total. The molecule has 6 heteroatoms. The van der Waals surface area contributed by atoms with Crippen LogP contribution in [0.4, 0.5) is 0 Å². The minimum absolute atomic E-state index is 0.0588. The highest BCUT2D eigenvalue weighted by molar-refractivity contribution is 8.00. The number of fused-ring (bicyclic) bond motifs is 1. The first-order valence-corrected chi connectivity index (χ1v) is 8.72. The summed E-state index contributed by atoms with van der Waals surface area (Å²) in [7, 11) is 0. The molecule has 1 saturated heterocycles. The molecular formula is C16H21N3O2S. The van der Waals surface area contributed by atoms with Crippen molar-refractivity contribution in [1.82, 2.24) is 15.3 Å². The number of imidazole rings is 1. The normalized spacial score (nSPS) is 19.4. The number of H-pyrrole nitrogens is 1. The average Bonchev–Trinajstić information content (AvgIpc) is 3.19. The van der Waals surface area contributed by atoms with Gasteiger partial charge in [-0.3, -0.25) is 4.79 Å². The number of thioether (sulfide) groups is 1. The molecular weight excluding hydrogens is 298 g/mol. The van der Waals surface area contributed by atoms with E-state index < -0.39 is 0 Å². The Kier molecular flexibility index (Phi) is 5.00. The van der Waals surface area contributed by atoms with Crippen LogP contribution in [0.25, 0.3) is 11.0 Å². The Balaban J connectivity index is 1.46. The number of aromatic nitrogens is 2. The predicted octanol–water partition coefficient (Wildman–Crippen LogP) is 2.65. The van der Waals surface area contributed by atoms with Gasteiger partial charge in [-0.25, -0.2) is 4.98 Å². The molecule has 0 aliphatic carbocycles. The van der Waals surface area contributed by atoms with Gasteiger partial charge in [-0.05, 0) is 31.9 Å². The SMILES string of the molecule is CC(SCC(=O)NCC1CCCO1)c1nc2ccccc2[nH]1. The lowest BCUT2D eigenvalue weighted by Crippen LogP contribution is -2.33. The van der Waals surface area contributed by atoms with Crippen LogP contribution >= 0.6 is 11.8 Å². The van der Waals surface area contributed by atoms with E-state index in [1.165, 1.54) is 0 Å². The van der Waals surface area contributed by atoms with Crippen LogP contribution in [-0.2, 0) is 9.53 Å². The summed E-state index contributed by atoms with van der Waals surface area (Å²) in [4.78, 5) is 19.8. The molecule has 0 radical (unpaired) electrons. The second-order valence-electron chi connectivity index (χ2n) is 5.53. The number of amides is 1. The van der Waals surface area contributed by atoms with E-state index >= 15 is 0 Å². The molecule has 1 aliphatic rings. The van der Waals surface area contributed by atoms with Gasteiger partial charge in [0.15, 0.2) is 0 Å². The Morgan fingerprint density at radius 1 is 1.55 bits per heavy atom. The van der Waals surface area contributed by atoms with Gasteiger partial charge in [-0.1, -0.05) is 12.1 Å². The number of nitrogens with one attached hydrogen (secondary N) is 2. The number of benzene rings is 1. The maximum atomic E-state index is 11.9. The molecule has 0 bridgehead atoms. The summed E-state index contributed by atoms with van der Waals surface area (Å²) < 4.78 is 5.50. The summed E-state index contributed by atoms with van der Waals surface area (Å²) in [6, 6.07) is 7.96. The van der Waals surface area contributed by atoms with E-state index in [-0.39, 0.29) is 17.3 Å². The van der Waals surface area contributed by atoms with Crippen LogP contribution < -0.4 is 5.32 Å². The molecule has 2 heterocycles. The topological polar surface area (TPSA) is 67.0 Å². The average molecular weight is 319 g/mol. The molecule has 2 unspecified atom stereocenters. The van der Waals surface area contributed by atoms with Crippen LogP contribution in [0.1, 0.15) is 30.8 Å². The fraction of sp³-hybridized carbons (Fsp3) is 0.500. The first kappa shape index (κ1) is 15.4. The fourth-order valence-electron chi connectivity index (χ4n) is 2.53. The van der Waals surface area contributed by atoms with Gasteiger partial charge in [0, 0.05) is 13.2 Å². The molecule has 0 spiro atoms. The van der Waals surface area contributed by atoms with Crippen molar-refractivity contribution in [1.29, 1.82) is 0 Å². The highest BCUT2D eigenvalue weighted by Gasteiger charge is 2.17. The summed E-state index contributed by atoms with van der Waals surface area (Å²) >= 11 is 1.59. The molecule has 1 aromatic carbocycles. The number of aromatic amines is 1. The van der Waals surface area contributed by atoms with Crippen LogP contribution in [0.2, 0.25) is 0 Å². The number of para-hydroxylation sites is 2. The predicted molar refractivity (Wildman–Crippen MR) is 89.0 cm³/mol. The maximum Gasteiger partial charge on any atom is 0.230 e.